The molecule has 2 rings (SSSR count). The Labute approximate surface area is 126 Å². The van der Waals surface area contributed by atoms with Gasteiger partial charge in [0.25, 0.3) is 0 Å². The van der Waals surface area contributed by atoms with E-state index < -0.39 is 0 Å². The molecule has 1 heterocycles. The van der Waals surface area contributed by atoms with E-state index in [1.165, 1.54) is 30.6 Å². The molecule has 1 aliphatic carbocycles. The van der Waals surface area contributed by atoms with Crippen LogP contribution in [0.5, 0.6) is 0 Å². The van der Waals surface area contributed by atoms with E-state index in [0.29, 0.717) is 12.5 Å². The topological polar surface area (TPSA) is 41.1 Å². The molecular weight excluding hydrogens is 268 g/mol. The van der Waals surface area contributed by atoms with Gasteiger partial charge in [-0.3, -0.25) is 4.79 Å². The van der Waals surface area contributed by atoms with Crippen LogP contribution in [0.2, 0.25) is 0 Å². The van der Waals surface area contributed by atoms with Crippen LogP contribution in [0, 0.1) is 5.92 Å². The third-order valence-corrected chi connectivity index (χ3v) is 4.96. The minimum absolute atomic E-state index is 0.163. The SMILES string of the molecule is CCCNC(=O)CCNC(c1cccs1)C1CCCC1. The van der Waals surface area contributed by atoms with Crippen LogP contribution in [-0.4, -0.2) is 19.0 Å². The summed E-state index contributed by atoms with van der Waals surface area (Å²) in [7, 11) is 0. The summed E-state index contributed by atoms with van der Waals surface area (Å²) in [5.41, 5.74) is 0. The first-order valence-electron chi connectivity index (χ1n) is 7.84. The molecule has 0 aromatic carbocycles. The zero-order chi connectivity index (χ0) is 14.2. The first-order chi connectivity index (χ1) is 9.81. The van der Waals surface area contributed by atoms with E-state index in [2.05, 4.69) is 35.1 Å². The Kier molecular flexibility index (Phi) is 6.54. The summed E-state index contributed by atoms with van der Waals surface area (Å²) in [6.45, 7) is 3.63. The second-order valence-corrected chi connectivity index (χ2v) is 6.57. The number of carbonyl (C=O) groups excluding carboxylic acids is 1. The molecule has 0 radical (unpaired) electrons. The van der Waals surface area contributed by atoms with E-state index >= 15 is 0 Å². The number of rotatable bonds is 8. The van der Waals surface area contributed by atoms with Gasteiger partial charge in [0.2, 0.25) is 5.91 Å². The van der Waals surface area contributed by atoms with Crippen LogP contribution < -0.4 is 10.6 Å². The summed E-state index contributed by atoms with van der Waals surface area (Å²) >= 11 is 1.83. The van der Waals surface area contributed by atoms with Gasteiger partial charge in [0, 0.05) is 30.4 Å². The Bertz CT molecular complexity index is 385. The van der Waals surface area contributed by atoms with Crippen molar-refractivity contribution in [1.82, 2.24) is 10.6 Å². The Morgan fingerprint density at radius 3 is 2.85 bits per heavy atom. The summed E-state index contributed by atoms with van der Waals surface area (Å²) in [5.74, 6) is 0.906. The molecule has 3 nitrogen and oxygen atoms in total. The highest BCUT2D eigenvalue weighted by atomic mass is 32.1. The third kappa shape index (κ3) is 4.60. The van der Waals surface area contributed by atoms with Gasteiger partial charge in [0.05, 0.1) is 0 Å². The summed E-state index contributed by atoms with van der Waals surface area (Å²) in [6.07, 6.45) is 6.92. The van der Waals surface area contributed by atoms with Gasteiger partial charge < -0.3 is 10.6 Å². The summed E-state index contributed by atoms with van der Waals surface area (Å²) in [5, 5.41) is 8.70. The lowest BCUT2D eigenvalue weighted by Crippen LogP contribution is -2.32. The van der Waals surface area contributed by atoms with Crippen molar-refractivity contribution < 1.29 is 4.79 Å². The van der Waals surface area contributed by atoms with Crippen molar-refractivity contribution in [3.8, 4) is 0 Å². The van der Waals surface area contributed by atoms with Crippen LogP contribution >= 0.6 is 11.3 Å². The van der Waals surface area contributed by atoms with E-state index in [0.717, 1.165) is 25.4 Å². The van der Waals surface area contributed by atoms with Crippen LogP contribution in [0.25, 0.3) is 0 Å². The van der Waals surface area contributed by atoms with Crippen molar-refractivity contribution in [2.75, 3.05) is 13.1 Å². The predicted octanol–water partition coefficient (Wildman–Crippen LogP) is 3.49. The highest BCUT2D eigenvalue weighted by molar-refractivity contribution is 7.10. The second-order valence-electron chi connectivity index (χ2n) is 5.59. The average molecular weight is 294 g/mol. The van der Waals surface area contributed by atoms with Gasteiger partial charge in [-0.1, -0.05) is 25.8 Å². The van der Waals surface area contributed by atoms with Gasteiger partial charge in [-0.15, -0.1) is 11.3 Å². The largest absolute Gasteiger partial charge is 0.356 e. The second kappa shape index (κ2) is 8.42. The van der Waals surface area contributed by atoms with E-state index in [1.54, 1.807) is 0 Å². The van der Waals surface area contributed by atoms with Gasteiger partial charge in [-0.05, 0) is 36.6 Å². The molecule has 1 amide bonds. The average Bonchev–Trinajstić information content (AvgIpc) is 3.14. The van der Waals surface area contributed by atoms with Crippen LogP contribution in [0.3, 0.4) is 0 Å². The van der Waals surface area contributed by atoms with Crippen molar-refractivity contribution >= 4 is 17.2 Å². The first kappa shape index (κ1) is 15.5. The van der Waals surface area contributed by atoms with Crippen molar-refractivity contribution in [2.24, 2.45) is 5.92 Å². The molecule has 2 N–H and O–H groups in total. The van der Waals surface area contributed by atoms with E-state index in [9.17, 15) is 4.79 Å². The highest BCUT2D eigenvalue weighted by Gasteiger charge is 2.26. The standard InChI is InChI=1S/C16H26N2OS/c1-2-10-17-15(19)9-11-18-16(13-6-3-4-7-13)14-8-5-12-20-14/h5,8,12-13,16,18H,2-4,6-7,9-11H2,1H3,(H,17,19). The predicted molar refractivity (Wildman–Crippen MR) is 84.9 cm³/mol. The smallest absolute Gasteiger partial charge is 0.221 e. The molecule has 20 heavy (non-hydrogen) atoms. The minimum atomic E-state index is 0.163. The monoisotopic (exact) mass is 294 g/mol. The molecular formula is C16H26N2OS. The molecule has 112 valence electrons. The van der Waals surface area contributed by atoms with Gasteiger partial charge in [-0.2, -0.15) is 0 Å². The summed E-state index contributed by atoms with van der Waals surface area (Å²) in [4.78, 5) is 13.1. The number of hydrogen-bond donors (Lipinski definition) is 2. The maximum Gasteiger partial charge on any atom is 0.221 e. The summed E-state index contributed by atoms with van der Waals surface area (Å²) < 4.78 is 0. The Morgan fingerprint density at radius 2 is 2.20 bits per heavy atom. The molecule has 0 aliphatic heterocycles. The molecule has 1 aliphatic rings. The maximum absolute atomic E-state index is 11.6. The number of hydrogen-bond acceptors (Lipinski definition) is 3. The van der Waals surface area contributed by atoms with Crippen LogP contribution in [-0.2, 0) is 4.79 Å². The molecule has 1 unspecified atom stereocenters. The molecule has 1 aromatic heterocycles. The number of carbonyl (C=O) groups is 1. The third-order valence-electron chi connectivity index (χ3n) is 4.01. The number of thiophene rings is 1. The highest BCUT2D eigenvalue weighted by Crippen LogP contribution is 2.37. The Balaban J connectivity index is 1.81. The molecule has 1 atom stereocenters. The Hall–Kier alpha value is -0.870. The first-order valence-corrected chi connectivity index (χ1v) is 8.72. The van der Waals surface area contributed by atoms with Gasteiger partial charge >= 0.3 is 0 Å². The zero-order valence-electron chi connectivity index (χ0n) is 12.4. The fraction of sp³-hybridized carbons (Fsp3) is 0.688. The number of amides is 1. The zero-order valence-corrected chi connectivity index (χ0v) is 13.2. The summed E-state index contributed by atoms with van der Waals surface area (Å²) in [6, 6.07) is 4.78. The molecule has 0 saturated heterocycles. The van der Waals surface area contributed by atoms with E-state index in [4.69, 9.17) is 0 Å². The van der Waals surface area contributed by atoms with Crippen molar-refractivity contribution in [1.29, 1.82) is 0 Å². The van der Waals surface area contributed by atoms with E-state index in [1.807, 2.05) is 11.3 Å². The minimum Gasteiger partial charge on any atom is -0.356 e. The fourth-order valence-corrected chi connectivity index (χ4v) is 3.85. The molecule has 0 spiro atoms. The quantitative estimate of drug-likeness (QED) is 0.770. The lowest BCUT2D eigenvalue weighted by atomic mass is 9.96. The maximum atomic E-state index is 11.6. The molecule has 0 bridgehead atoms. The van der Waals surface area contributed by atoms with Crippen LogP contribution in [0.15, 0.2) is 17.5 Å². The fourth-order valence-electron chi connectivity index (χ4n) is 2.95. The number of nitrogens with one attached hydrogen (secondary N) is 2. The van der Waals surface area contributed by atoms with Crippen molar-refractivity contribution in [3.63, 3.8) is 0 Å². The van der Waals surface area contributed by atoms with Crippen molar-refractivity contribution in [2.45, 2.75) is 51.5 Å². The van der Waals surface area contributed by atoms with Gasteiger partial charge in [0.1, 0.15) is 0 Å². The van der Waals surface area contributed by atoms with Gasteiger partial charge in [-0.25, -0.2) is 0 Å². The Morgan fingerprint density at radius 1 is 1.40 bits per heavy atom. The molecule has 1 fully saturated rings. The molecule has 1 aromatic rings. The lowest BCUT2D eigenvalue weighted by Gasteiger charge is -2.23. The van der Waals surface area contributed by atoms with Crippen LogP contribution in [0.1, 0.15) is 56.4 Å². The van der Waals surface area contributed by atoms with E-state index in [-0.39, 0.29) is 5.91 Å². The molecule has 1 saturated carbocycles. The van der Waals surface area contributed by atoms with Crippen LogP contribution in [0.4, 0.5) is 0 Å². The van der Waals surface area contributed by atoms with Gasteiger partial charge in [0.15, 0.2) is 0 Å². The lowest BCUT2D eigenvalue weighted by molar-refractivity contribution is -0.121. The normalized spacial score (nSPS) is 17.2. The molecule has 4 heteroatoms. The van der Waals surface area contributed by atoms with Crippen molar-refractivity contribution in [3.05, 3.63) is 22.4 Å².